The first-order valence-electron chi connectivity index (χ1n) is 5.53. The van der Waals surface area contributed by atoms with Gasteiger partial charge in [-0.2, -0.15) is 0 Å². The number of aromatic hydroxyl groups is 1. The third-order valence-corrected chi connectivity index (χ3v) is 3.05. The fourth-order valence-corrected chi connectivity index (χ4v) is 1.87. The number of benzene rings is 1. The van der Waals surface area contributed by atoms with Crippen LogP contribution in [0.15, 0.2) is 18.2 Å². The van der Waals surface area contributed by atoms with E-state index in [-0.39, 0.29) is 23.4 Å². The van der Waals surface area contributed by atoms with Crippen molar-refractivity contribution >= 4 is 11.6 Å². The molecule has 1 fully saturated rings. The van der Waals surface area contributed by atoms with Gasteiger partial charge in [0.15, 0.2) is 0 Å². The highest BCUT2D eigenvalue weighted by atomic mass is 16.5. The van der Waals surface area contributed by atoms with Crippen molar-refractivity contribution in [2.45, 2.75) is 12.5 Å². The topological polar surface area (TPSA) is 75.8 Å². The van der Waals surface area contributed by atoms with E-state index >= 15 is 0 Å². The molecule has 5 heteroatoms. The molecule has 3 N–H and O–H groups in total. The van der Waals surface area contributed by atoms with E-state index in [0.717, 1.165) is 6.42 Å². The van der Waals surface area contributed by atoms with Gasteiger partial charge in [0.05, 0.1) is 18.3 Å². The molecule has 0 bridgehead atoms. The van der Waals surface area contributed by atoms with E-state index in [9.17, 15) is 9.90 Å². The number of hydrogen-bond donors (Lipinski definition) is 2. The predicted octanol–water partition coefficient (Wildman–Crippen LogP) is 0.835. The highest BCUT2D eigenvalue weighted by Gasteiger charge is 2.25. The molecule has 92 valence electrons. The van der Waals surface area contributed by atoms with Gasteiger partial charge in [0.2, 0.25) is 0 Å². The lowest BCUT2D eigenvalue weighted by molar-refractivity contribution is 0.0711. The van der Waals surface area contributed by atoms with E-state index < -0.39 is 0 Å². The number of nitrogen functional groups attached to an aromatic ring is 1. The van der Waals surface area contributed by atoms with Crippen LogP contribution in [0.2, 0.25) is 0 Å². The maximum absolute atomic E-state index is 12.1. The maximum Gasteiger partial charge on any atom is 0.254 e. The van der Waals surface area contributed by atoms with Crippen LogP contribution < -0.4 is 5.73 Å². The van der Waals surface area contributed by atoms with E-state index in [2.05, 4.69) is 0 Å². The zero-order chi connectivity index (χ0) is 12.4. The van der Waals surface area contributed by atoms with Crippen LogP contribution in [0.4, 0.5) is 5.69 Å². The van der Waals surface area contributed by atoms with Crippen molar-refractivity contribution in [1.82, 2.24) is 4.90 Å². The number of nitrogens with two attached hydrogens (primary N) is 1. The van der Waals surface area contributed by atoms with Crippen LogP contribution in [0.1, 0.15) is 16.8 Å². The van der Waals surface area contributed by atoms with Gasteiger partial charge >= 0.3 is 0 Å². The minimum atomic E-state index is -0.129. The molecule has 0 saturated carbocycles. The van der Waals surface area contributed by atoms with Gasteiger partial charge < -0.3 is 20.5 Å². The number of phenols is 1. The van der Waals surface area contributed by atoms with Crippen LogP contribution in [0.3, 0.4) is 0 Å². The highest BCUT2D eigenvalue weighted by Crippen LogP contribution is 2.22. The number of likely N-dealkylation sites (N-methyl/N-ethyl adjacent to an activating group) is 1. The number of carbonyl (C=O) groups excluding carboxylic acids is 1. The van der Waals surface area contributed by atoms with Crippen LogP contribution >= 0.6 is 0 Å². The first-order chi connectivity index (χ1) is 8.09. The second-order valence-corrected chi connectivity index (χ2v) is 4.21. The van der Waals surface area contributed by atoms with E-state index in [1.807, 2.05) is 0 Å². The van der Waals surface area contributed by atoms with E-state index in [4.69, 9.17) is 10.5 Å². The van der Waals surface area contributed by atoms with Gasteiger partial charge in [0.1, 0.15) is 5.75 Å². The summed E-state index contributed by atoms with van der Waals surface area (Å²) < 4.78 is 5.24. The molecule has 17 heavy (non-hydrogen) atoms. The van der Waals surface area contributed by atoms with E-state index in [1.165, 1.54) is 12.1 Å². The number of ether oxygens (including phenoxy) is 1. The van der Waals surface area contributed by atoms with Crippen molar-refractivity contribution in [2.75, 3.05) is 26.0 Å². The average Bonchev–Trinajstić information content (AvgIpc) is 2.84. The monoisotopic (exact) mass is 236 g/mol. The van der Waals surface area contributed by atoms with E-state index in [0.29, 0.717) is 18.8 Å². The lowest BCUT2D eigenvalue weighted by atomic mass is 10.1. The molecule has 1 saturated heterocycles. The Balaban J connectivity index is 2.15. The Bertz CT molecular complexity index is 428. The molecule has 1 unspecified atom stereocenters. The molecule has 1 aromatic rings. The molecule has 0 aromatic heterocycles. The smallest absolute Gasteiger partial charge is 0.254 e. The van der Waals surface area contributed by atoms with Gasteiger partial charge in [0.25, 0.3) is 5.91 Å². The SMILES string of the molecule is CN(C(=O)c1ccc(N)c(O)c1)C1CCOC1. The summed E-state index contributed by atoms with van der Waals surface area (Å²) in [6.45, 7) is 1.26. The number of anilines is 1. The number of carbonyl (C=O) groups is 1. The third-order valence-electron chi connectivity index (χ3n) is 3.05. The molecule has 0 spiro atoms. The molecule has 5 nitrogen and oxygen atoms in total. The first kappa shape index (κ1) is 11.7. The first-order valence-corrected chi connectivity index (χ1v) is 5.53. The summed E-state index contributed by atoms with van der Waals surface area (Å²) in [7, 11) is 1.75. The minimum absolute atomic E-state index is 0.0630. The molecule has 1 aliphatic rings. The predicted molar refractivity (Wildman–Crippen MR) is 63.8 cm³/mol. The van der Waals surface area contributed by atoms with Crippen molar-refractivity contribution in [3.05, 3.63) is 23.8 Å². The Morgan fingerprint density at radius 3 is 2.94 bits per heavy atom. The van der Waals surface area contributed by atoms with Gasteiger partial charge in [-0.15, -0.1) is 0 Å². The number of hydrogen-bond acceptors (Lipinski definition) is 4. The number of amides is 1. The summed E-state index contributed by atoms with van der Waals surface area (Å²) in [6, 6.07) is 4.65. The summed E-state index contributed by atoms with van der Waals surface area (Å²) in [4.78, 5) is 13.8. The molecule has 0 radical (unpaired) electrons. The maximum atomic E-state index is 12.1. The molecular weight excluding hydrogens is 220 g/mol. The minimum Gasteiger partial charge on any atom is -0.506 e. The van der Waals surface area contributed by atoms with Crippen molar-refractivity contribution in [3.63, 3.8) is 0 Å². The van der Waals surface area contributed by atoms with Crippen LogP contribution in [-0.2, 0) is 4.74 Å². The summed E-state index contributed by atoms with van der Waals surface area (Å²) >= 11 is 0. The van der Waals surface area contributed by atoms with Crippen LogP contribution in [-0.4, -0.2) is 42.2 Å². The summed E-state index contributed by atoms with van der Waals surface area (Å²) in [6.07, 6.45) is 0.850. The van der Waals surface area contributed by atoms with Gasteiger partial charge in [0, 0.05) is 19.2 Å². The largest absolute Gasteiger partial charge is 0.506 e. The Kier molecular flexibility index (Phi) is 3.19. The Labute approximate surface area is 99.8 Å². The summed E-state index contributed by atoms with van der Waals surface area (Å²) in [5.41, 5.74) is 6.20. The normalized spacial score (nSPS) is 19.2. The fourth-order valence-electron chi connectivity index (χ4n) is 1.87. The van der Waals surface area contributed by atoms with Crippen molar-refractivity contribution in [2.24, 2.45) is 0 Å². The molecular formula is C12H16N2O3. The quantitative estimate of drug-likeness (QED) is 0.589. The molecule has 1 heterocycles. The van der Waals surface area contributed by atoms with Crippen LogP contribution in [0, 0.1) is 0 Å². The van der Waals surface area contributed by atoms with Crippen LogP contribution in [0.5, 0.6) is 5.75 Å². The van der Waals surface area contributed by atoms with Gasteiger partial charge in [-0.3, -0.25) is 4.79 Å². The van der Waals surface area contributed by atoms with Crippen molar-refractivity contribution in [3.8, 4) is 5.75 Å². The van der Waals surface area contributed by atoms with Gasteiger partial charge in [-0.05, 0) is 24.6 Å². The summed E-state index contributed by atoms with van der Waals surface area (Å²) in [5, 5.41) is 9.48. The lowest BCUT2D eigenvalue weighted by Gasteiger charge is -2.23. The van der Waals surface area contributed by atoms with Gasteiger partial charge in [-0.25, -0.2) is 0 Å². The number of rotatable bonds is 2. The van der Waals surface area contributed by atoms with Crippen LogP contribution in [0.25, 0.3) is 0 Å². The van der Waals surface area contributed by atoms with Crippen molar-refractivity contribution < 1.29 is 14.6 Å². The fraction of sp³-hybridized carbons (Fsp3) is 0.417. The molecule has 1 atom stereocenters. The molecule has 1 amide bonds. The zero-order valence-electron chi connectivity index (χ0n) is 9.72. The Morgan fingerprint density at radius 1 is 1.59 bits per heavy atom. The number of nitrogens with zero attached hydrogens (tertiary/aromatic N) is 1. The van der Waals surface area contributed by atoms with E-state index in [1.54, 1.807) is 18.0 Å². The number of phenolic OH excluding ortho intramolecular Hbond substituents is 1. The standard InChI is InChI=1S/C12H16N2O3/c1-14(9-4-5-17-7-9)12(16)8-2-3-10(13)11(15)6-8/h2-3,6,9,15H,4-5,7,13H2,1H3. The zero-order valence-corrected chi connectivity index (χ0v) is 9.72. The second-order valence-electron chi connectivity index (χ2n) is 4.21. The third kappa shape index (κ3) is 2.34. The highest BCUT2D eigenvalue weighted by molar-refractivity contribution is 5.95. The molecule has 0 aliphatic carbocycles. The lowest BCUT2D eigenvalue weighted by Crippen LogP contribution is -2.37. The molecule has 1 aromatic carbocycles. The Morgan fingerprint density at radius 2 is 2.35 bits per heavy atom. The second kappa shape index (κ2) is 4.63. The average molecular weight is 236 g/mol. The summed E-state index contributed by atoms with van der Waals surface area (Å²) in [5.74, 6) is -0.192. The molecule has 1 aliphatic heterocycles. The van der Waals surface area contributed by atoms with Crippen molar-refractivity contribution in [1.29, 1.82) is 0 Å². The van der Waals surface area contributed by atoms with Gasteiger partial charge in [-0.1, -0.05) is 0 Å². The molecule has 2 rings (SSSR count). The Hall–Kier alpha value is -1.75.